The van der Waals surface area contributed by atoms with Crippen LogP contribution in [0.25, 0.3) is 11.0 Å². The predicted molar refractivity (Wildman–Crippen MR) is 72.6 cm³/mol. The van der Waals surface area contributed by atoms with Crippen LogP contribution >= 0.6 is 11.6 Å². The molecule has 2 rings (SSSR count). The maximum atomic E-state index is 6.05. The molecule has 2 N–H and O–H groups in total. The second kappa shape index (κ2) is 4.67. The van der Waals surface area contributed by atoms with Gasteiger partial charge in [-0.25, -0.2) is 4.98 Å². The molecular weight excluding hydrogens is 234 g/mol. The number of imidazole rings is 1. The van der Waals surface area contributed by atoms with Gasteiger partial charge in [-0.2, -0.15) is 0 Å². The van der Waals surface area contributed by atoms with E-state index in [1.165, 1.54) is 0 Å². The molecule has 0 saturated heterocycles. The van der Waals surface area contributed by atoms with Crippen molar-refractivity contribution < 1.29 is 0 Å². The van der Waals surface area contributed by atoms with E-state index in [-0.39, 0.29) is 5.92 Å². The van der Waals surface area contributed by atoms with Gasteiger partial charge in [0.25, 0.3) is 0 Å². The van der Waals surface area contributed by atoms with Crippen molar-refractivity contribution in [3.8, 4) is 0 Å². The Bertz CT molecular complexity index is 531. The summed E-state index contributed by atoms with van der Waals surface area (Å²) in [5.41, 5.74) is 7.82. The molecule has 2 aromatic rings. The third kappa shape index (κ3) is 2.17. The van der Waals surface area contributed by atoms with Gasteiger partial charge < -0.3 is 10.3 Å². The Morgan fingerprint density at radius 3 is 2.65 bits per heavy atom. The quantitative estimate of drug-likeness (QED) is 0.909. The van der Waals surface area contributed by atoms with Crippen LogP contribution in [0.15, 0.2) is 18.2 Å². The van der Waals surface area contributed by atoms with Crippen LogP contribution in [0.3, 0.4) is 0 Å². The van der Waals surface area contributed by atoms with E-state index in [4.69, 9.17) is 17.3 Å². The van der Waals surface area contributed by atoms with Crippen molar-refractivity contribution >= 4 is 22.6 Å². The van der Waals surface area contributed by atoms with Gasteiger partial charge in [0, 0.05) is 23.5 Å². The summed E-state index contributed by atoms with van der Waals surface area (Å²) in [6.45, 7) is 7.00. The molecule has 0 amide bonds. The Labute approximate surface area is 107 Å². The summed E-state index contributed by atoms with van der Waals surface area (Å²) in [4.78, 5) is 4.67. The van der Waals surface area contributed by atoms with Gasteiger partial charge >= 0.3 is 0 Å². The molecule has 1 aromatic heterocycles. The van der Waals surface area contributed by atoms with E-state index in [1.807, 2.05) is 18.2 Å². The monoisotopic (exact) mass is 251 g/mol. The molecule has 1 atom stereocenters. The lowest BCUT2D eigenvalue weighted by Gasteiger charge is -2.16. The molecule has 17 heavy (non-hydrogen) atoms. The maximum Gasteiger partial charge on any atom is 0.114 e. The van der Waals surface area contributed by atoms with Crippen LogP contribution in [0.4, 0.5) is 0 Å². The molecule has 0 aliphatic rings. The first kappa shape index (κ1) is 12.4. The van der Waals surface area contributed by atoms with Crippen LogP contribution in [0.2, 0.25) is 5.02 Å². The molecule has 0 aliphatic carbocycles. The number of hydrogen-bond acceptors (Lipinski definition) is 2. The second-order valence-corrected chi connectivity index (χ2v) is 5.14. The highest BCUT2D eigenvalue weighted by atomic mass is 35.5. The Morgan fingerprint density at radius 1 is 1.35 bits per heavy atom. The van der Waals surface area contributed by atoms with Crippen LogP contribution < -0.4 is 5.73 Å². The number of hydrogen-bond donors (Lipinski definition) is 1. The average Bonchev–Trinajstić information content (AvgIpc) is 2.66. The minimum Gasteiger partial charge on any atom is -0.330 e. The minimum absolute atomic E-state index is 0.253. The Kier molecular flexibility index (Phi) is 3.40. The number of halogens is 1. The number of rotatable bonds is 3. The summed E-state index contributed by atoms with van der Waals surface area (Å²) in [7, 11) is 0. The molecule has 4 heteroatoms. The van der Waals surface area contributed by atoms with Crippen molar-refractivity contribution in [2.45, 2.75) is 32.7 Å². The third-order valence-electron chi connectivity index (χ3n) is 2.99. The maximum absolute atomic E-state index is 6.05. The first-order valence-electron chi connectivity index (χ1n) is 5.92. The van der Waals surface area contributed by atoms with Crippen LogP contribution in [0, 0.1) is 0 Å². The van der Waals surface area contributed by atoms with Crippen molar-refractivity contribution in [3.05, 3.63) is 29.0 Å². The zero-order valence-electron chi connectivity index (χ0n) is 10.4. The minimum atomic E-state index is 0.253. The van der Waals surface area contributed by atoms with E-state index >= 15 is 0 Å². The fourth-order valence-corrected chi connectivity index (χ4v) is 2.25. The summed E-state index contributed by atoms with van der Waals surface area (Å²) >= 11 is 6.05. The molecule has 92 valence electrons. The number of nitrogens with zero attached hydrogens (tertiary/aromatic N) is 2. The summed E-state index contributed by atoms with van der Waals surface area (Å²) in [5.74, 6) is 1.29. The fraction of sp³-hybridized carbons (Fsp3) is 0.462. The zero-order valence-corrected chi connectivity index (χ0v) is 11.2. The smallest absolute Gasteiger partial charge is 0.114 e. The number of fused-ring (bicyclic) bond motifs is 1. The van der Waals surface area contributed by atoms with Gasteiger partial charge in [-0.1, -0.05) is 18.5 Å². The third-order valence-corrected chi connectivity index (χ3v) is 3.22. The molecule has 0 fully saturated rings. The Balaban J connectivity index is 2.71. The summed E-state index contributed by atoms with van der Waals surface area (Å²) in [5, 5.41) is 0.742. The lowest BCUT2D eigenvalue weighted by molar-refractivity contribution is 0.554. The van der Waals surface area contributed by atoms with E-state index in [2.05, 4.69) is 30.3 Å². The molecule has 1 unspecified atom stereocenters. The van der Waals surface area contributed by atoms with Crippen molar-refractivity contribution in [2.24, 2.45) is 5.73 Å². The molecular formula is C13H18ClN3. The molecule has 0 saturated carbocycles. The zero-order chi connectivity index (χ0) is 12.6. The lowest BCUT2D eigenvalue weighted by Crippen LogP contribution is -2.16. The highest BCUT2D eigenvalue weighted by molar-refractivity contribution is 6.31. The largest absolute Gasteiger partial charge is 0.330 e. The molecule has 0 bridgehead atoms. The van der Waals surface area contributed by atoms with E-state index in [0.29, 0.717) is 12.6 Å². The van der Waals surface area contributed by atoms with Crippen LogP contribution in [-0.2, 0) is 0 Å². The van der Waals surface area contributed by atoms with Gasteiger partial charge in [-0.3, -0.25) is 0 Å². The normalized spacial score (nSPS) is 13.5. The molecule has 0 aliphatic heterocycles. The molecule has 1 heterocycles. The van der Waals surface area contributed by atoms with Crippen molar-refractivity contribution in [3.63, 3.8) is 0 Å². The van der Waals surface area contributed by atoms with Crippen LogP contribution in [0.5, 0.6) is 0 Å². The van der Waals surface area contributed by atoms with E-state index in [9.17, 15) is 0 Å². The molecule has 0 radical (unpaired) electrons. The first-order valence-corrected chi connectivity index (χ1v) is 6.29. The SMILES string of the molecule is CC(CN)c1nc2ccc(Cl)cc2n1C(C)C. The summed E-state index contributed by atoms with van der Waals surface area (Å²) in [6.07, 6.45) is 0. The number of nitrogens with two attached hydrogens (primary N) is 1. The first-order chi connectivity index (χ1) is 8.04. The highest BCUT2D eigenvalue weighted by Gasteiger charge is 2.17. The number of aromatic nitrogens is 2. The van der Waals surface area contributed by atoms with Crippen molar-refractivity contribution in [2.75, 3.05) is 6.54 Å². The fourth-order valence-electron chi connectivity index (χ4n) is 2.08. The van der Waals surface area contributed by atoms with Crippen LogP contribution in [-0.4, -0.2) is 16.1 Å². The van der Waals surface area contributed by atoms with Gasteiger partial charge in [0.05, 0.1) is 11.0 Å². The van der Waals surface area contributed by atoms with Gasteiger partial charge in [0.15, 0.2) is 0 Å². The highest BCUT2D eigenvalue weighted by Crippen LogP contribution is 2.27. The Hall–Kier alpha value is -1.06. The second-order valence-electron chi connectivity index (χ2n) is 4.70. The predicted octanol–water partition coefficient (Wildman–Crippen LogP) is 3.33. The summed E-state index contributed by atoms with van der Waals surface area (Å²) < 4.78 is 2.22. The molecule has 0 spiro atoms. The lowest BCUT2D eigenvalue weighted by atomic mass is 10.1. The number of benzene rings is 1. The summed E-state index contributed by atoms with van der Waals surface area (Å²) in [6, 6.07) is 6.15. The van der Waals surface area contributed by atoms with E-state index in [1.54, 1.807) is 0 Å². The van der Waals surface area contributed by atoms with Crippen molar-refractivity contribution in [1.82, 2.24) is 9.55 Å². The van der Waals surface area contributed by atoms with Crippen molar-refractivity contribution in [1.29, 1.82) is 0 Å². The average molecular weight is 252 g/mol. The molecule has 1 aromatic carbocycles. The molecule has 3 nitrogen and oxygen atoms in total. The van der Waals surface area contributed by atoms with Gasteiger partial charge in [0.1, 0.15) is 5.82 Å². The topological polar surface area (TPSA) is 43.8 Å². The van der Waals surface area contributed by atoms with Crippen LogP contribution in [0.1, 0.15) is 38.6 Å². The van der Waals surface area contributed by atoms with Gasteiger partial charge in [-0.15, -0.1) is 0 Å². The standard InChI is InChI=1S/C13H18ClN3/c1-8(2)17-12-6-10(14)4-5-11(12)16-13(17)9(3)7-15/h4-6,8-9H,7,15H2,1-3H3. The van der Waals surface area contributed by atoms with Gasteiger partial charge in [0.2, 0.25) is 0 Å². The Morgan fingerprint density at radius 2 is 2.06 bits per heavy atom. The van der Waals surface area contributed by atoms with E-state index in [0.717, 1.165) is 21.9 Å². The van der Waals surface area contributed by atoms with E-state index < -0.39 is 0 Å². The van der Waals surface area contributed by atoms with Gasteiger partial charge in [-0.05, 0) is 32.0 Å².